The van der Waals surface area contributed by atoms with Crippen molar-refractivity contribution in [3.05, 3.63) is 71.8 Å². The molecule has 5 nitrogen and oxygen atoms in total. The van der Waals surface area contributed by atoms with E-state index in [1.165, 1.54) is 0 Å². The zero-order chi connectivity index (χ0) is 18.8. The van der Waals surface area contributed by atoms with E-state index in [0.717, 1.165) is 11.1 Å². The first-order chi connectivity index (χ1) is 12.6. The summed E-state index contributed by atoms with van der Waals surface area (Å²) in [5.74, 6) is -0.809. The fourth-order valence-corrected chi connectivity index (χ4v) is 2.87. The molecule has 2 atom stereocenters. The molecule has 2 aromatic carbocycles. The van der Waals surface area contributed by atoms with Crippen molar-refractivity contribution in [1.29, 1.82) is 0 Å². The summed E-state index contributed by atoms with van der Waals surface area (Å²) >= 11 is 1.90. The molecule has 2 rings (SSSR count). The van der Waals surface area contributed by atoms with Crippen LogP contribution in [0.4, 0.5) is 0 Å². The molecule has 0 radical (unpaired) electrons. The molecule has 0 saturated carbocycles. The van der Waals surface area contributed by atoms with Crippen molar-refractivity contribution in [3.63, 3.8) is 0 Å². The molecule has 0 aromatic heterocycles. The second-order valence-corrected chi connectivity index (χ2v) is 6.75. The molecule has 1 amide bonds. The highest BCUT2D eigenvalue weighted by Gasteiger charge is 2.26. The standard InChI is InChI=1S/C20H22INO4/c1-2-25-18(21)19(23)22-17(13-15-9-5-3-6-10-15)20(24)26-14-16-11-7-4-8-12-16/h3-12,17-18H,2,13-14H2,1H3,(H,22,23). The molecular weight excluding hydrogens is 445 g/mol. The van der Waals surface area contributed by atoms with E-state index < -0.39 is 16.1 Å². The maximum Gasteiger partial charge on any atom is 0.329 e. The van der Waals surface area contributed by atoms with Crippen molar-refractivity contribution in [2.24, 2.45) is 0 Å². The second-order valence-electron chi connectivity index (χ2n) is 5.62. The summed E-state index contributed by atoms with van der Waals surface area (Å²) in [6.45, 7) is 2.40. The van der Waals surface area contributed by atoms with Crippen LogP contribution in [0.5, 0.6) is 0 Å². The van der Waals surface area contributed by atoms with E-state index in [1.807, 2.05) is 90.2 Å². The summed E-state index contributed by atoms with van der Waals surface area (Å²) in [5.41, 5.74) is 1.84. The summed E-state index contributed by atoms with van der Waals surface area (Å²) in [6, 6.07) is 18.2. The van der Waals surface area contributed by atoms with Crippen LogP contribution in [-0.4, -0.2) is 28.6 Å². The maximum absolute atomic E-state index is 12.6. The average molecular weight is 467 g/mol. The Hall–Kier alpha value is -1.93. The zero-order valence-electron chi connectivity index (χ0n) is 14.6. The number of amides is 1. The number of rotatable bonds is 9. The van der Waals surface area contributed by atoms with Gasteiger partial charge in [0.2, 0.25) is 0 Å². The van der Waals surface area contributed by atoms with Gasteiger partial charge in [-0.3, -0.25) is 4.79 Å². The van der Waals surface area contributed by atoms with Crippen LogP contribution in [-0.2, 0) is 32.1 Å². The van der Waals surface area contributed by atoms with Gasteiger partial charge in [-0.05, 0) is 40.6 Å². The van der Waals surface area contributed by atoms with E-state index in [9.17, 15) is 9.59 Å². The predicted molar refractivity (Wildman–Crippen MR) is 108 cm³/mol. The minimum atomic E-state index is -0.772. The lowest BCUT2D eigenvalue weighted by molar-refractivity contribution is -0.149. The van der Waals surface area contributed by atoms with Crippen LogP contribution >= 0.6 is 22.6 Å². The molecule has 0 fully saturated rings. The van der Waals surface area contributed by atoms with E-state index in [0.29, 0.717) is 13.0 Å². The Morgan fingerprint density at radius 1 is 1.00 bits per heavy atom. The number of halogens is 1. The van der Waals surface area contributed by atoms with Gasteiger partial charge in [0.25, 0.3) is 5.91 Å². The minimum absolute atomic E-state index is 0.167. The number of benzene rings is 2. The maximum atomic E-state index is 12.6. The van der Waals surface area contributed by atoms with Crippen molar-refractivity contribution in [2.75, 3.05) is 6.61 Å². The van der Waals surface area contributed by atoms with Crippen LogP contribution in [0.2, 0.25) is 0 Å². The normalized spacial score (nSPS) is 12.8. The Morgan fingerprint density at radius 2 is 1.58 bits per heavy atom. The lowest BCUT2D eigenvalue weighted by atomic mass is 10.1. The molecule has 2 aromatic rings. The van der Waals surface area contributed by atoms with Gasteiger partial charge in [0, 0.05) is 13.0 Å². The highest BCUT2D eigenvalue weighted by molar-refractivity contribution is 14.1. The van der Waals surface area contributed by atoms with Crippen molar-refractivity contribution in [1.82, 2.24) is 5.32 Å². The van der Waals surface area contributed by atoms with Crippen molar-refractivity contribution >= 4 is 34.5 Å². The van der Waals surface area contributed by atoms with Crippen molar-refractivity contribution < 1.29 is 19.1 Å². The number of hydrogen-bond donors (Lipinski definition) is 1. The molecule has 0 bridgehead atoms. The number of hydrogen-bond acceptors (Lipinski definition) is 4. The first kappa shape index (κ1) is 20.4. The van der Waals surface area contributed by atoms with E-state index >= 15 is 0 Å². The summed E-state index contributed by atoms with van der Waals surface area (Å²) in [4.78, 5) is 24.8. The monoisotopic (exact) mass is 467 g/mol. The van der Waals surface area contributed by atoms with E-state index in [-0.39, 0.29) is 12.5 Å². The Kier molecular flexibility index (Phi) is 8.57. The van der Waals surface area contributed by atoms with Gasteiger partial charge in [-0.15, -0.1) is 0 Å². The number of esters is 1. The van der Waals surface area contributed by atoms with E-state index in [2.05, 4.69) is 5.32 Å². The van der Waals surface area contributed by atoms with Crippen molar-refractivity contribution in [3.8, 4) is 0 Å². The molecule has 0 aliphatic carbocycles. The first-order valence-electron chi connectivity index (χ1n) is 8.40. The Balaban J connectivity index is 2.03. The zero-order valence-corrected chi connectivity index (χ0v) is 16.7. The molecule has 0 heterocycles. The first-order valence-corrected chi connectivity index (χ1v) is 9.65. The van der Waals surface area contributed by atoms with Gasteiger partial charge in [-0.1, -0.05) is 60.7 Å². The smallest absolute Gasteiger partial charge is 0.329 e. The number of nitrogens with one attached hydrogen (secondary N) is 1. The summed E-state index contributed by atoms with van der Waals surface area (Å²) in [5, 5.41) is 2.74. The molecular formula is C20H22INO4. The molecule has 0 aliphatic rings. The Bertz CT molecular complexity index is 693. The Labute approximate surface area is 167 Å². The lowest BCUT2D eigenvalue weighted by Crippen LogP contribution is -2.46. The third-order valence-corrected chi connectivity index (χ3v) is 4.55. The van der Waals surface area contributed by atoms with Gasteiger partial charge < -0.3 is 14.8 Å². The fourth-order valence-electron chi connectivity index (χ4n) is 2.33. The van der Waals surface area contributed by atoms with Crippen LogP contribution in [0, 0.1) is 0 Å². The van der Waals surface area contributed by atoms with Crippen LogP contribution in [0.25, 0.3) is 0 Å². The van der Waals surface area contributed by atoms with E-state index in [1.54, 1.807) is 0 Å². The van der Waals surface area contributed by atoms with Gasteiger partial charge in [0.15, 0.2) is 4.11 Å². The van der Waals surface area contributed by atoms with Crippen LogP contribution in [0.15, 0.2) is 60.7 Å². The Morgan fingerprint density at radius 3 is 2.15 bits per heavy atom. The molecule has 6 heteroatoms. The van der Waals surface area contributed by atoms with Gasteiger partial charge in [0.1, 0.15) is 12.6 Å². The topological polar surface area (TPSA) is 64.6 Å². The van der Waals surface area contributed by atoms with Gasteiger partial charge >= 0.3 is 5.97 Å². The predicted octanol–water partition coefficient (Wildman–Crippen LogP) is 3.25. The van der Waals surface area contributed by atoms with E-state index in [4.69, 9.17) is 9.47 Å². The number of ether oxygens (including phenoxy) is 2. The molecule has 138 valence electrons. The third-order valence-electron chi connectivity index (χ3n) is 3.63. The highest BCUT2D eigenvalue weighted by Crippen LogP contribution is 2.09. The SMILES string of the molecule is CCOC(I)C(=O)NC(Cc1ccccc1)C(=O)OCc1ccccc1. The largest absolute Gasteiger partial charge is 0.459 e. The fraction of sp³-hybridized carbons (Fsp3) is 0.300. The molecule has 2 unspecified atom stereocenters. The quantitative estimate of drug-likeness (QED) is 0.350. The highest BCUT2D eigenvalue weighted by atomic mass is 127. The lowest BCUT2D eigenvalue weighted by Gasteiger charge is -2.19. The van der Waals surface area contributed by atoms with Crippen LogP contribution in [0.1, 0.15) is 18.1 Å². The number of carbonyl (C=O) groups is 2. The molecule has 0 aliphatic heterocycles. The number of carbonyl (C=O) groups excluding carboxylic acids is 2. The number of alkyl halides is 1. The van der Waals surface area contributed by atoms with Crippen LogP contribution in [0.3, 0.4) is 0 Å². The summed E-state index contributed by atoms with van der Waals surface area (Å²) in [7, 11) is 0. The second kappa shape index (κ2) is 10.9. The third kappa shape index (κ3) is 6.76. The summed E-state index contributed by atoms with van der Waals surface area (Å²) < 4.78 is 10.0. The average Bonchev–Trinajstić information content (AvgIpc) is 2.67. The molecule has 0 saturated heterocycles. The van der Waals surface area contributed by atoms with Crippen molar-refractivity contribution in [2.45, 2.75) is 30.1 Å². The minimum Gasteiger partial charge on any atom is -0.459 e. The van der Waals surface area contributed by atoms with Gasteiger partial charge in [0.05, 0.1) is 0 Å². The van der Waals surface area contributed by atoms with Gasteiger partial charge in [-0.25, -0.2) is 4.79 Å². The summed E-state index contributed by atoms with van der Waals surface area (Å²) in [6.07, 6.45) is 0.357. The molecule has 0 spiro atoms. The van der Waals surface area contributed by atoms with Crippen LogP contribution < -0.4 is 5.32 Å². The molecule has 1 N–H and O–H groups in total. The van der Waals surface area contributed by atoms with Gasteiger partial charge in [-0.2, -0.15) is 0 Å². The molecule has 26 heavy (non-hydrogen) atoms.